The molecule has 3 rings (SSSR count). The van der Waals surface area contributed by atoms with Crippen LogP contribution in [0.1, 0.15) is 31.5 Å². The van der Waals surface area contributed by atoms with Crippen molar-refractivity contribution in [3.8, 4) is 11.3 Å². The fraction of sp³-hybridized carbons (Fsp3) is 0.300. The van der Waals surface area contributed by atoms with Crippen LogP contribution in [0.2, 0.25) is 0 Å². The quantitative estimate of drug-likeness (QED) is 0.785. The van der Waals surface area contributed by atoms with E-state index in [1.54, 1.807) is 18.5 Å². The van der Waals surface area contributed by atoms with Crippen LogP contribution in [0.25, 0.3) is 11.3 Å². The number of benzene rings is 1. The molecular formula is C20H21FN2O2. The summed E-state index contributed by atoms with van der Waals surface area (Å²) in [6.45, 7) is 5.95. The molecular weight excluding hydrogens is 319 g/mol. The first kappa shape index (κ1) is 17.1. The summed E-state index contributed by atoms with van der Waals surface area (Å²) in [5.74, 6) is -0.592. The van der Waals surface area contributed by atoms with Crippen LogP contribution < -0.4 is 0 Å². The van der Waals surface area contributed by atoms with Gasteiger partial charge in [-0.05, 0) is 49.6 Å². The van der Waals surface area contributed by atoms with Crippen LogP contribution in [0, 0.1) is 5.82 Å². The molecule has 2 heterocycles. The van der Waals surface area contributed by atoms with Crippen LogP contribution in [0.4, 0.5) is 4.39 Å². The van der Waals surface area contributed by atoms with Crippen LogP contribution in [0.5, 0.6) is 0 Å². The largest absolute Gasteiger partial charge is 0.467 e. The zero-order valence-electron chi connectivity index (χ0n) is 14.5. The zero-order valence-corrected chi connectivity index (χ0v) is 14.5. The van der Waals surface area contributed by atoms with E-state index in [-0.39, 0.29) is 11.8 Å². The Labute approximate surface area is 146 Å². The van der Waals surface area contributed by atoms with Crippen molar-refractivity contribution in [1.82, 2.24) is 9.55 Å². The van der Waals surface area contributed by atoms with Crippen LogP contribution in [0.3, 0.4) is 0 Å². The van der Waals surface area contributed by atoms with E-state index in [2.05, 4.69) is 17.6 Å². The van der Waals surface area contributed by atoms with Gasteiger partial charge in [-0.25, -0.2) is 14.2 Å². The van der Waals surface area contributed by atoms with Gasteiger partial charge in [0, 0.05) is 17.7 Å². The Hall–Kier alpha value is -2.69. The number of allylic oxidation sites excluding steroid dienone is 3. The number of halogens is 1. The highest BCUT2D eigenvalue weighted by molar-refractivity contribution is 5.75. The van der Waals surface area contributed by atoms with Gasteiger partial charge >= 0.3 is 5.97 Å². The minimum absolute atomic E-state index is 0.285. The fourth-order valence-electron chi connectivity index (χ4n) is 3.21. The molecule has 1 aliphatic heterocycles. The number of carbonyl (C=O) groups excluding carboxylic acids is 1. The number of imidazole rings is 1. The van der Waals surface area contributed by atoms with E-state index in [4.69, 9.17) is 4.74 Å². The molecule has 0 fully saturated rings. The van der Waals surface area contributed by atoms with E-state index in [1.165, 1.54) is 19.2 Å². The standard InChI is InChI=1S/C20H21FN2O2/c1-13(2)15-5-4-6-17-19(14-7-9-16(21)10-8-14)22-12-23(17)18(11-15)20(24)25-3/h5,7-10,12,18H,1,4,6,11H2,2-3H3/b15-5+. The lowest BCUT2D eigenvalue weighted by Crippen LogP contribution is -2.24. The maximum Gasteiger partial charge on any atom is 0.329 e. The average molecular weight is 340 g/mol. The van der Waals surface area contributed by atoms with Crippen molar-refractivity contribution in [3.63, 3.8) is 0 Å². The van der Waals surface area contributed by atoms with Gasteiger partial charge in [-0.3, -0.25) is 0 Å². The van der Waals surface area contributed by atoms with Gasteiger partial charge in [0.2, 0.25) is 0 Å². The van der Waals surface area contributed by atoms with Gasteiger partial charge in [0.15, 0.2) is 0 Å². The van der Waals surface area contributed by atoms with E-state index >= 15 is 0 Å². The van der Waals surface area contributed by atoms with E-state index in [0.717, 1.165) is 40.9 Å². The Morgan fingerprint density at radius 2 is 2.08 bits per heavy atom. The molecule has 0 radical (unpaired) electrons. The molecule has 1 unspecified atom stereocenters. The van der Waals surface area contributed by atoms with Crippen molar-refractivity contribution in [2.24, 2.45) is 0 Å². The first-order chi connectivity index (χ1) is 12.0. The summed E-state index contributed by atoms with van der Waals surface area (Å²) in [5.41, 5.74) is 4.60. The van der Waals surface area contributed by atoms with E-state index in [9.17, 15) is 9.18 Å². The van der Waals surface area contributed by atoms with Crippen LogP contribution in [0.15, 0.2) is 54.4 Å². The number of carbonyl (C=O) groups is 1. The predicted octanol–water partition coefficient (Wildman–Crippen LogP) is 4.24. The summed E-state index contributed by atoms with van der Waals surface area (Å²) in [7, 11) is 1.39. The number of aromatic nitrogens is 2. The van der Waals surface area contributed by atoms with Gasteiger partial charge in [-0.2, -0.15) is 0 Å². The van der Waals surface area contributed by atoms with Crippen LogP contribution >= 0.6 is 0 Å². The molecule has 1 aliphatic rings. The number of nitrogens with zero attached hydrogens (tertiary/aromatic N) is 2. The highest BCUT2D eigenvalue weighted by Crippen LogP contribution is 2.32. The SMILES string of the molecule is C=C(C)/C1=C/CCc2c(-c3ccc(F)cc3)ncn2C(C(=O)OC)C1. The van der Waals surface area contributed by atoms with Gasteiger partial charge < -0.3 is 9.30 Å². The number of esters is 1. The minimum Gasteiger partial charge on any atom is -0.467 e. The Morgan fingerprint density at radius 3 is 2.72 bits per heavy atom. The molecule has 1 aromatic carbocycles. The molecule has 2 aromatic rings. The van der Waals surface area contributed by atoms with Crippen molar-refractivity contribution in [2.75, 3.05) is 7.11 Å². The molecule has 0 aliphatic carbocycles. The topological polar surface area (TPSA) is 44.1 Å². The molecule has 0 amide bonds. The molecule has 1 atom stereocenters. The van der Waals surface area contributed by atoms with Gasteiger partial charge in [0.25, 0.3) is 0 Å². The summed E-state index contributed by atoms with van der Waals surface area (Å²) in [6.07, 6.45) is 5.89. The number of ether oxygens (including phenoxy) is 1. The smallest absolute Gasteiger partial charge is 0.329 e. The number of rotatable bonds is 3. The molecule has 0 bridgehead atoms. The van der Waals surface area contributed by atoms with Crippen LogP contribution in [-0.2, 0) is 16.0 Å². The van der Waals surface area contributed by atoms with E-state index in [1.807, 2.05) is 11.5 Å². The molecule has 25 heavy (non-hydrogen) atoms. The maximum absolute atomic E-state index is 13.2. The lowest BCUT2D eigenvalue weighted by atomic mass is 9.95. The summed E-state index contributed by atoms with van der Waals surface area (Å²) >= 11 is 0. The predicted molar refractivity (Wildman–Crippen MR) is 94.5 cm³/mol. The lowest BCUT2D eigenvalue weighted by molar-refractivity contribution is -0.144. The Morgan fingerprint density at radius 1 is 1.36 bits per heavy atom. The van der Waals surface area contributed by atoms with Crippen LogP contribution in [-0.4, -0.2) is 22.6 Å². The summed E-state index contributed by atoms with van der Waals surface area (Å²) in [5, 5.41) is 0. The van der Waals surface area contributed by atoms with Crippen molar-refractivity contribution < 1.29 is 13.9 Å². The summed E-state index contributed by atoms with van der Waals surface area (Å²) in [6, 6.07) is 5.77. The number of fused-ring (bicyclic) bond motifs is 1. The third kappa shape index (κ3) is 3.40. The second-order valence-corrected chi connectivity index (χ2v) is 6.25. The first-order valence-corrected chi connectivity index (χ1v) is 8.25. The molecule has 1 aromatic heterocycles. The fourth-order valence-corrected chi connectivity index (χ4v) is 3.21. The Kier molecular flexibility index (Phi) is 4.83. The van der Waals surface area contributed by atoms with Gasteiger partial charge in [0.05, 0.1) is 19.1 Å². The second kappa shape index (κ2) is 7.05. The molecule has 0 saturated carbocycles. The Bertz CT molecular complexity index is 834. The molecule has 0 saturated heterocycles. The molecule has 0 N–H and O–H groups in total. The van der Waals surface area contributed by atoms with Crippen molar-refractivity contribution >= 4 is 5.97 Å². The highest BCUT2D eigenvalue weighted by Gasteiger charge is 2.28. The zero-order chi connectivity index (χ0) is 18.0. The van der Waals surface area contributed by atoms with Crippen molar-refractivity contribution in [1.29, 1.82) is 0 Å². The van der Waals surface area contributed by atoms with E-state index in [0.29, 0.717) is 6.42 Å². The second-order valence-electron chi connectivity index (χ2n) is 6.25. The normalized spacial score (nSPS) is 19.2. The third-order valence-corrected chi connectivity index (χ3v) is 4.56. The van der Waals surface area contributed by atoms with Gasteiger partial charge in [0.1, 0.15) is 11.9 Å². The molecule has 0 spiro atoms. The Balaban J connectivity index is 2.07. The molecule has 5 heteroatoms. The lowest BCUT2D eigenvalue weighted by Gasteiger charge is -2.23. The monoisotopic (exact) mass is 340 g/mol. The summed E-state index contributed by atoms with van der Waals surface area (Å²) in [4.78, 5) is 16.9. The maximum atomic E-state index is 13.2. The van der Waals surface area contributed by atoms with E-state index < -0.39 is 6.04 Å². The van der Waals surface area contributed by atoms with Gasteiger partial charge in [-0.1, -0.05) is 18.2 Å². The van der Waals surface area contributed by atoms with Gasteiger partial charge in [-0.15, -0.1) is 0 Å². The summed E-state index contributed by atoms with van der Waals surface area (Å²) < 4.78 is 20.1. The number of hydrogen-bond donors (Lipinski definition) is 0. The number of hydrogen-bond acceptors (Lipinski definition) is 3. The first-order valence-electron chi connectivity index (χ1n) is 8.25. The van der Waals surface area contributed by atoms with Crippen molar-refractivity contribution in [2.45, 2.75) is 32.2 Å². The third-order valence-electron chi connectivity index (χ3n) is 4.56. The number of methoxy groups -OCH3 is 1. The minimum atomic E-state index is -0.482. The average Bonchev–Trinajstić information content (AvgIpc) is 2.98. The molecule has 130 valence electrons. The van der Waals surface area contributed by atoms with Crippen molar-refractivity contribution in [3.05, 3.63) is 65.9 Å². The highest BCUT2D eigenvalue weighted by atomic mass is 19.1. The molecule has 4 nitrogen and oxygen atoms in total.